The second-order valence-corrected chi connectivity index (χ2v) is 22.6. The zero-order valence-corrected chi connectivity index (χ0v) is 48.2. The molecule has 1 aliphatic heterocycles. The average Bonchev–Trinajstić information content (AvgIpc) is 3.39. The van der Waals surface area contributed by atoms with Crippen molar-refractivity contribution >= 4 is 5.91 Å². The van der Waals surface area contributed by atoms with E-state index in [1.54, 1.807) is 0 Å². The summed E-state index contributed by atoms with van der Waals surface area (Å²) in [7, 11) is 0. The van der Waals surface area contributed by atoms with Crippen LogP contribution in [0.25, 0.3) is 0 Å². The molecule has 0 radical (unpaired) electrons. The lowest BCUT2D eigenvalue weighted by molar-refractivity contribution is -0.302. The lowest BCUT2D eigenvalue weighted by Crippen LogP contribution is -2.60. The van der Waals surface area contributed by atoms with Crippen LogP contribution in [0.15, 0.2) is 24.3 Å². The van der Waals surface area contributed by atoms with Crippen molar-refractivity contribution in [3.05, 3.63) is 24.3 Å². The van der Waals surface area contributed by atoms with Gasteiger partial charge in [0.1, 0.15) is 24.4 Å². The van der Waals surface area contributed by atoms with Gasteiger partial charge in [-0.2, -0.15) is 0 Å². The highest BCUT2D eigenvalue weighted by Crippen LogP contribution is 2.23. The van der Waals surface area contributed by atoms with E-state index >= 15 is 0 Å². The molecule has 0 aromatic carbocycles. The SMILES string of the molecule is CCCCCCC/C=C\C/C=C\CCCCCCCCCCCCCCCCCCCCCCCCCCCCCCCC(=O)NC(COC1OC(CO)C(O)C(O)C1O)C(O)CCCCCCCCCCC. The largest absolute Gasteiger partial charge is 0.394 e. The molecular weight excluding hydrogens is 911 g/mol. The van der Waals surface area contributed by atoms with Crippen LogP contribution < -0.4 is 5.32 Å². The molecule has 9 heteroatoms. The Labute approximate surface area is 451 Å². The average molecular weight is 1030 g/mol. The summed E-state index contributed by atoms with van der Waals surface area (Å²) >= 11 is 0. The minimum absolute atomic E-state index is 0.134. The Morgan fingerprint density at radius 1 is 0.466 bits per heavy atom. The summed E-state index contributed by atoms with van der Waals surface area (Å²) in [6, 6.07) is -0.713. The van der Waals surface area contributed by atoms with E-state index in [0.717, 1.165) is 44.9 Å². The van der Waals surface area contributed by atoms with Crippen molar-refractivity contribution in [1.82, 2.24) is 5.32 Å². The van der Waals surface area contributed by atoms with E-state index in [0.29, 0.717) is 12.8 Å². The number of carbonyl (C=O) groups is 1. The molecule has 0 aromatic rings. The quantitative estimate of drug-likeness (QED) is 0.0261. The summed E-state index contributed by atoms with van der Waals surface area (Å²) in [6.07, 6.45) is 62.8. The Morgan fingerprint density at radius 2 is 0.808 bits per heavy atom. The molecule has 1 heterocycles. The molecule has 0 saturated carbocycles. The second kappa shape index (κ2) is 54.0. The van der Waals surface area contributed by atoms with Crippen molar-refractivity contribution in [3.8, 4) is 0 Å². The molecule has 432 valence electrons. The predicted molar refractivity (Wildman–Crippen MR) is 309 cm³/mol. The van der Waals surface area contributed by atoms with Crippen molar-refractivity contribution in [2.24, 2.45) is 0 Å². The standard InChI is InChI=1S/C64H123NO8/c1-3-5-7-9-11-13-14-15-16-17-18-19-20-21-22-23-24-25-26-27-28-29-30-31-32-33-34-35-36-37-38-39-40-41-42-43-44-46-48-50-52-54-60(68)65-57(58(67)53-51-49-47-45-12-10-8-6-4-2)56-72-64-63(71)62(70)61(69)59(55-66)73-64/h14-15,17-18,57-59,61-64,66-67,69-71H,3-13,16,19-56H2,1-2H3,(H,65,68)/b15-14-,18-17-. The van der Waals surface area contributed by atoms with E-state index in [4.69, 9.17) is 9.47 Å². The molecule has 1 fully saturated rings. The molecule has 0 bridgehead atoms. The molecule has 0 spiro atoms. The first-order valence-corrected chi connectivity index (χ1v) is 32.0. The third-order valence-electron chi connectivity index (χ3n) is 15.6. The van der Waals surface area contributed by atoms with Gasteiger partial charge >= 0.3 is 0 Å². The van der Waals surface area contributed by atoms with Gasteiger partial charge in [0, 0.05) is 6.42 Å². The molecule has 7 atom stereocenters. The van der Waals surface area contributed by atoms with Crippen LogP contribution in [0.2, 0.25) is 0 Å². The van der Waals surface area contributed by atoms with E-state index in [1.165, 1.54) is 250 Å². The highest BCUT2D eigenvalue weighted by Gasteiger charge is 2.44. The van der Waals surface area contributed by atoms with E-state index in [9.17, 15) is 30.3 Å². The van der Waals surface area contributed by atoms with Gasteiger partial charge < -0.3 is 40.3 Å². The monoisotopic (exact) mass is 1030 g/mol. The van der Waals surface area contributed by atoms with Gasteiger partial charge in [0.2, 0.25) is 5.91 Å². The molecule has 1 aliphatic rings. The molecular formula is C64H123NO8. The number of carbonyl (C=O) groups excluding carboxylic acids is 1. The number of rotatable bonds is 56. The van der Waals surface area contributed by atoms with Gasteiger partial charge in [-0.1, -0.05) is 295 Å². The van der Waals surface area contributed by atoms with E-state index in [-0.39, 0.29) is 12.5 Å². The zero-order chi connectivity index (χ0) is 52.9. The van der Waals surface area contributed by atoms with Crippen LogP contribution in [0.4, 0.5) is 0 Å². The van der Waals surface area contributed by atoms with Gasteiger partial charge in [-0.15, -0.1) is 0 Å². The van der Waals surface area contributed by atoms with Gasteiger partial charge in [0.25, 0.3) is 0 Å². The number of hydrogen-bond donors (Lipinski definition) is 6. The van der Waals surface area contributed by atoms with Crippen molar-refractivity contribution in [2.45, 2.75) is 365 Å². The first-order valence-electron chi connectivity index (χ1n) is 32.0. The molecule has 0 aromatic heterocycles. The van der Waals surface area contributed by atoms with E-state index in [2.05, 4.69) is 43.5 Å². The number of aliphatic hydroxyl groups is 5. The summed E-state index contributed by atoms with van der Waals surface area (Å²) in [4.78, 5) is 13.0. The summed E-state index contributed by atoms with van der Waals surface area (Å²) in [6.45, 7) is 3.82. The first kappa shape index (κ1) is 69.7. The molecule has 6 N–H and O–H groups in total. The fraction of sp³-hybridized carbons (Fsp3) is 0.922. The lowest BCUT2D eigenvalue weighted by Gasteiger charge is -2.40. The summed E-state index contributed by atoms with van der Waals surface area (Å²) in [5, 5.41) is 54.4. The smallest absolute Gasteiger partial charge is 0.220 e. The number of hydrogen-bond acceptors (Lipinski definition) is 8. The maximum absolute atomic E-state index is 13.0. The predicted octanol–water partition coefficient (Wildman–Crippen LogP) is 16.5. The highest BCUT2D eigenvalue weighted by atomic mass is 16.7. The number of unbranched alkanes of at least 4 members (excludes halogenated alkanes) is 42. The van der Waals surface area contributed by atoms with Gasteiger partial charge in [0.05, 0.1) is 25.4 Å². The number of aliphatic hydroxyl groups excluding tert-OH is 5. The Hall–Kier alpha value is -1.33. The third-order valence-corrected chi connectivity index (χ3v) is 15.6. The van der Waals surface area contributed by atoms with Crippen LogP contribution >= 0.6 is 0 Å². The maximum atomic E-state index is 13.0. The van der Waals surface area contributed by atoms with Crippen LogP contribution in [0.3, 0.4) is 0 Å². The summed E-state index contributed by atoms with van der Waals surface area (Å²) in [5.74, 6) is -0.140. The minimum atomic E-state index is -1.55. The molecule has 7 unspecified atom stereocenters. The number of nitrogens with one attached hydrogen (secondary N) is 1. The molecule has 1 saturated heterocycles. The van der Waals surface area contributed by atoms with Crippen LogP contribution in [-0.4, -0.2) is 87.5 Å². The summed E-state index contributed by atoms with van der Waals surface area (Å²) < 4.78 is 11.3. The highest BCUT2D eigenvalue weighted by molar-refractivity contribution is 5.76. The van der Waals surface area contributed by atoms with Crippen LogP contribution in [0, 0.1) is 0 Å². The maximum Gasteiger partial charge on any atom is 0.220 e. The number of ether oxygens (including phenoxy) is 2. The Kier molecular flexibility index (Phi) is 51.6. The topological polar surface area (TPSA) is 149 Å². The van der Waals surface area contributed by atoms with E-state index < -0.39 is 49.5 Å². The Morgan fingerprint density at radius 3 is 1.18 bits per heavy atom. The Bertz CT molecular complexity index is 1200. The van der Waals surface area contributed by atoms with Gasteiger partial charge in [-0.05, 0) is 44.9 Å². The van der Waals surface area contributed by atoms with Crippen molar-refractivity contribution < 1.29 is 39.8 Å². The van der Waals surface area contributed by atoms with Crippen molar-refractivity contribution in [1.29, 1.82) is 0 Å². The van der Waals surface area contributed by atoms with Gasteiger partial charge in [-0.3, -0.25) is 4.79 Å². The fourth-order valence-electron chi connectivity index (χ4n) is 10.5. The van der Waals surface area contributed by atoms with Crippen LogP contribution in [-0.2, 0) is 14.3 Å². The van der Waals surface area contributed by atoms with Gasteiger partial charge in [-0.25, -0.2) is 0 Å². The molecule has 1 amide bonds. The normalized spacial score (nSPS) is 19.1. The van der Waals surface area contributed by atoms with Crippen LogP contribution in [0.5, 0.6) is 0 Å². The Balaban J connectivity index is 1.95. The lowest BCUT2D eigenvalue weighted by atomic mass is 9.99. The molecule has 1 rings (SSSR count). The van der Waals surface area contributed by atoms with Crippen LogP contribution in [0.1, 0.15) is 322 Å². The first-order chi connectivity index (χ1) is 35.8. The molecule has 73 heavy (non-hydrogen) atoms. The number of allylic oxidation sites excluding steroid dienone is 4. The third kappa shape index (κ3) is 43.4. The molecule has 9 nitrogen and oxygen atoms in total. The van der Waals surface area contributed by atoms with Crippen molar-refractivity contribution in [3.63, 3.8) is 0 Å². The second-order valence-electron chi connectivity index (χ2n) is 22.6. The van der Waals surface area contributed by atoms with E-state index in [1.807, 2.05) is 0 Å². The fourth-order valence-corrected chi connectivity index (χ4v) is 10.5. The van der Waals surface area contributed by atoms with Gasteiger partial charge in [0.15, 0.2) is 6.29 Å². The summed E-state index contributed by atoms with van der Waals surface area (Å²) in [5.41, 5.74) is 0. The molecule has 0 aliphatic carbocycles. The minimum Gasteiger partial charge on any atom is -0.394 e. The number of amides is 1. The van der Waals surface area contributed by atoms with Crippen molar-refractivity contribution in [2.75, 3.05) is 13.2 Å². The zero-order valence-electron chi connectivity index (χ0n) is 48.2.